The summed E-state index contributed by atoms with van der Waals surface area (Å²) in [5.74, 6) is -1.78. The lowest BCUT2D eigenvalue weighted by Crippen LogP contribution is -2.31. The van der Waals surface area contributed by atoms with E-state index in [2.05, 4.69) is 6.92 Å². The normalized spacial score (nSPS) is 23.5. The highest BCUT2D eigenvalue weighted by Gasteiger charge is 2.44. The van der Waals surface area contributed by atoms with Crippen LogP contribution in [0.3, 0.4) is 0 Å². The van der Waals surface area contributed by atoms with Crippen LogP contribution in [0.5, 0.6) is 0 Å². The molecule has 1 aliphatic carbocycles. The van der Waals surface area contributed by atoms with Crippen LogP contribution in [0.25, 0.3) is 0 Å². The average Bonchev–Trinajstić information content (AvgIpc) is 3.06. The van der Waals surface area contributed by atoms with Crippen LogP contribution >= 0.6 is 0 Å². The van der Waals surface area contributed by atoms with Crippen LogP contribution in [0.1, 0.15) is 106 Å². The Hall–Kier alpha value is -2.15. The molecule has 2 N–H and O–H groups in total. The van der Waals surface area contributed by atoms with Gasteiger partial charge < -0.3 is 19.7 Å². The summed E-state index contributed by atoms with van der Waals surface area (Å²) in [6.45, 7) is 13.0. The number of aliphatic hydroxyl groups is 1. The van der Waals surface area contributed by atoms with Crippen molar-refractivity contribution in [3.63, 3.8) is 0 Å². The highest BCUT2D eigenvalue weighted by molar-refractivity contribution is 5.76. The van der Waals surface area contributed by atoms with Crippen LogP contribution in [0.4, 0.5) is 0 Å². The third-order valence-corrected chi connectivity index (χ3v) is 6.61. The summed E-state index contributed by atoms with van der Waals surface area (Å²) in [5, 5.41) is 19.7. The van der Waals surface area contributed by atoms with Crippen molar-refractivity contribution in [2.75, 3.05) is 0 Å². The van der Waals surface area contributed by atoms with E-state index >= 15 is 0 Å². The van der Waals surface area contributed by atoms with Gasteiger partial charge in [0.2, 0.25) is 0 Å². The number of carbonyl (C=O) groups is 3. The fourth-order valence-corrected chi connectivity index (χ4v) is 4.22. The summed E-state index contributed by atoms with van der Waals surface area (Å²) < 4.78 is 11.7. The first-order valence-electron chi connectivity index (χ1n) is 13.8. The second kappa shape index (κ2) is 15.3. The first kappa shape index (κ1) is 32.9. The molecule has 7 nitrogen and oxygen atoms in total. The smallest absolute Gasteiger partial charge is 0.311 e. The molecule has 0 aliphatic heterocycles. The fourth-order valence-electron chi connectivity index (χ4n) is 4.22. The van der Waals surface area contributed by atoms with Crippen LogP contribution in [0.15, 0.2) is 24.3 Å². The van der Waals surface area contributed by atoms with Gasteiger partial charge >= 0.3 is 17.9 Å². The number of ether oxygens (including phenoxy) is 2. The first-order chi connectivity index (χ1) is 17.2. The largest absolute Gasteiger partial charge is 0.481 e. The number of allylic oxidation sites excluding steroid dienone is 2. The zero-order valence-electron chi connectivity index (χ0n) is 24.0. The maximum Gasteiger partial charge on any atom is 0.311 e. The van der Waals surface area contributed by atoms with E-state index < -0.39 is 29.0 Å². The zero-order chi connectivity index (χ0) is 28.2. The molecule has 5 atom stereocenters. The molecule has 0 spiro atoms. The first-order valence-corrected chi connectivity index (χ1v) is 13.8. The molecule has 0 aromatic heterocycles. The molecule has 0 heterocycles. The standard InChI is InChI=1S/C30H50O7/c1-8-9-12-15-21(36-27(34)29(2,3)4)18-19-23-22(16-13-10-11-14-17-26(32)33)24(31)20-25(23)37-28(35)30(5,6)7/h10,13,18-19,21-25,31H,8-9,11-12,14-17,20H2,1-7H3,(H,32,33)/b13-10+,19-18+/t21-,22+,23?,24-,25+/m0/s1. The summed E-state index contributed by atoms with van der Waals surface area (Å²) in [5.41, 5.74) is -1.27. The molecular formula is C30H50O7. The van der Waals surface area contributed by atoms with Crippen LogP contribution < -0.4 is 0 Å². The summed E-state index contributed by atoms with van der Waals surface area (Å²) >= 11 is 0. The summed E-state index contributed by atoms with van der Waals surface area (Å²) in [4.78, 5) is 36.0. The van der Waals surface area contributed by atoms with E-state index in [4.69, 9.17) is 14.6 Å². The third kappa shape index (κ3) is 12.3. The molecule has 37 heavy (non-hydrogen) atoms. The van der Waals surface area contributed by atoms with Crippen LogP contribution in [-0.2, 0) is 23.9 Å². The van der Waals surface area contributed by atoms with Gasteiger partial charge in [-0.3, -0.25) is 14.4 Å². The number of esters is 2. The Bertz CT molecular complexity index is 785. The van der Waals surface area contributed by atoms with E-state index in [1.54, 1.807) is 20.8 Å². The Labute approximate surface area is 223 Å². The van der Waals surface area contributed by atoms with Gasteiger partial charge in [0.15, 0.2) is 0 Å². The molecule has 212 valence electrons. The second-order valence-electron chi connectivity index (χ2n) is 12.3. The van der Waals surface area contributed by atoms with Crippen molar-refractivity contribution in [1.29, 1.82) is 0 Å². The van der Waals surface area contributed by atoms with Gasteiger partial charge in [0.1, 0.15) is 12.2 Å². The van der Waals surface area contributed by atoms with E-state index in [-0.39, 0.29) is 36.3 Å². The van der Waals surface area contributed by atoms with Crippen molar-refractivity contribution in [3.8, 4) is 0 Å². The number of carboxylic acids is 1. The summed E-state index contributed by atoms with van der Waals surface area (Å²) in [7, 11) is 0. The highest BCUT2D eigenvalue weighted by atomic mass is 16.6. The van der Waals surface area contributed by atoms with Crippen molar-refractivity contribution < 1.29 is 34.1 Å². The van der Waals surface area contributed by atoms with Gasteiger partial charge in [-0.2, -0.15) is 0 Å². The summed E-state index contributed by atoms with van der Waals surface area (Å²) in [6.07, 6.45) is 12.3. The van der Waals surface area contributed by atoms with Crippen molar-refractivity contribution in [2.24, 2.45) is 22.7 Å². The maximum absolute atomic E-state index is 12.7. The van der Waals surface area contributed by atoms with Crippen LogP contribution in [-0.4, -0.2) is 46.4 Å². The molecule has 0 aromatic carbocycles. The average molecular weight is 523 g/mol. The Morgan fingerprint density at radius 3 is 2.19 bits per heavy atom. The number of hydrogen-bond donors (Lipinski definition) is 2. The molecule has 0 amide bonds. The molecule has 7 heteroatoms. The maximum atomic E-state index is 12.7. The minimum absolute atomic E-state index is 0.124. The van der Waals surface area contributed by atoms with E-state index in [9.17, 15) is 19.5 Å². The Balaban J connectivity index is 3.10. The minimum Gasteiger partial charge on any atom is -0.481 e. The number of aliphatic hydroxyl groups excluding tert-OH is 1. The molecule has 1 fully saturated rings. The van der Waals surface area contributed by atoms with E-state index in [1.807, 2.05) is 45.1 Å². The molecule has 0 bridgehead atoms. The molecule has 1 unspecified atom stereocenters. The number of carbonyl (C=O) groups excluding carboxylic acids is 2. The SMILES string of the molecule is CCCCC[C@@H](/C=C/C1[C@@H](C/C=C/CCCC(=O)O)[C@@H](O)C[C@H]1OC(=O)C(C)(C)C)OC(=O)C(C)(C)C. The number of aliphatic carboxylic acids is 1. The number of hydrogen-bond acceptors (Lipinski definition) is 6. The van der Waals surface area contributed by atoms with E-state index in [1.165, 1.54) is 0 Å². The van der Waals surface area contributed by atoms with Crippen LogP contribution in [0, 0.1) is 22.7 Å². The van der Waals surface area contributed by atoms with Gasteiger partial charge in [-0.25, -0.2) is 0 Å². The Morgan fingerprint density at radius 2 is 1.62 bits per heavy atom. The monoisotopic (exact) mass is 522 g/mol. The van der Waals surface area contributed by atoms with Gasteiger partial charge in [0, 0.05) is 18.8 Å². The van der Waals surface area contributed by atoms with Crippen molar-refractivity contribution in [2.45, 2.75) is 125 Å². The van der Waals surface area contributed by atoms with Gasteiger partial charge in [-0.05, 0) is 85.6 Å². The lowest BCUT2D eigenvalue weighted by atomic mass is 9.89. The van der Waals surface area contributed by atoms with E-state index in [0.29, 0.717) is 32.1 Å². The molecule has 1 rings (SSSR count). The molecule has 0 aromatic rings. The molecule has 1 aliphatic rings. The highest BCUT2D eigenvalue weighted by Crippen LogP contribution is 2.39. The predicted octanol–water partition coefficient (Wildman–Crippen LogP) is 6.24. The zero-order valence-corrected chi connectivity index (χ0v) is 24.0. The topological polar surface area (TPSA) is 110 Å². The number of rotatable bonds is 14. The quantitative estimate of drug-likeness (QED) is 0.158. The van der Waals surface area contributed by atoms with Crippen molar-refractivity contribution in [1.82, 2.24) is 0 Å². The molecule has 1 saturated carbocycles. The lowest BCUT2D eigenvalue weighted by molar-refractivity contribution is -0.160. The van der Waals surface area contributed by atoms with Gasteiger partial charge in [-0.15, -0.1) is 0 Å². The Morgan fingerprint density at radius 1 is 0.973 bits per heavy atom. The number of unbranched alkanes of at least 4 members (excludes halogenated alkanes) is 3. The van der Waals surface area contributed by atoms with Crippen molar-refractivity contribution >= 4 is 17.9 Å². The Kier molecular flexibility index (Phi) is 13.6. The van der Waals surface area contributed by atoms with Gasteiger partial charge in [-0.1, -0.05) is 38.0 Å². The molecule has 0 radical (unpaired) electrons. The minimum atomic E-state index is -0.811. The fraction of sp³-hybridized carbons (Fsp3) is 0.767. The third-order valence-electron chi connectivity index (χ3n) is 6.61. The molecule has 0 saturated heterocycles. The summed E-state index contributed by atoms with van der Waals surface area (Å²) in [6, 6.07) is 0. The number of carboxylic acid groups (broad SMARTS) is 1. The van der Waals surface area contributed by atoms with Gasteiger partial charge in [0.05, 0.1) is 16.9 Å². The van der Waals surface area contributed by atoms with Gasteiger partial charge in [0.25, 0.3) is 0 Å². The van der Waals surface area contributed by atoms with Crippen molar-refractivity contribution in [3.05, 3.63) is 24.3 Å². The van der Waals surface area contributed by atoms with E-state index in [0.717, 1.165) is 19.3 Å². The predicted molar refractivity (Wildman–Crippen MR) is 145 cm³/mol. The van der Waals surface area contributed by atoms with Crippen LogP contribution in [0.2, 0.25) is 0 Å². The second-order valence-corrected chi connectivity index (χ2v) is 12.3. The molecular weight excluding hydrogens is 472 g/mol. The lowest BCUT2D eigenvalue weighted by Gasteiger charge is -2.26.